The van der Waals surface area contributed by atoms with Crippen LogP contribution >= 0.6 is 0 Å². The lowest BCUT2D eigenvalue weighted by Crippen LogP contribution is -2.58. The quantitative estimate of drug-likeness (QED) is 0.602. The number of ketones is 1. The molecule has 0 aromatic carbocycles. The second kappa shape index (κ2) is 10.2. The maximum Gasteiger partial charge on any atom is 0.225 e. The fourth-order valence-corrected chi connectivity index (χ4v) is 3.81. The maximum atomic E-state index is 12.1. The van der Waals surface area contributed by atoms with Crippen LogP contribution in [-0.2, 0) is 19.1 Å². The highest BCUT2D eigenvalue weighted by molar-refractivity contribution is 5.82. The predicted molar refractivity (Wildman–Crippen MR) is 96.4 cm³/mol. The number of ether oxygens (including phenoxy) is 2. The number of likely N-dealkylation sites (tertiary alicyclic amines) is 1. The summed E-state index contributed by atoms with van der Waals surface area (Å²) in [5.74, 6) is 1.07. The Bertz CT molecular complexity index is 427. The van der Waals surface area contributed by atoms with E-state index >= 15 is 0 Å². The van der Waals surface area contributed by atoms with Crippen LogP contribution in [0.5, 0.6) is 0 Å². The van der Waals surface area contributed by atoms with Crippen molar-refractivity contribution in [2.45, 2.75) is 45.6 Å². The van der Waals surface area contributed by atoms with E-state index in [4.69, 9.17) is 9.47 Å². The fourth-order valence-electron chi connectivity index (χ4n) is 3.81. The molecule has 1 saturated heterocycles. The monoisotopic (exact) mass is 354 g/mol. The summed E-state index contributed by atoms with van der Waals surface area (Å²) < 4.78 is 10.2. The Labute approximate surface area is 151 Å². The van der Waals surface area contributed by atoms with Gasteiger partial charge < -0.3 is 14.8 Å². The number of hydrogen-bond acceptors (Lipinski definition) is 5. The zero-order valence-electron chi connectivity index (χ0n) is 16.0. The van der Waals surface area contributed by atoms with E-state index in [0.717, 1.165) is 38.8 Å². The van der Waals surface area contributed by atoms with Crippen molar-refractivity contribution in [3.63, 3.8) is 0 Å². The molecule has 1 aliphatic heterocycles. The topological polar surface area (TPSA) is 67.9 Å². The molecule has 144 valence electrons. The third-order valence-electron chi connectivity index (χ3n) is 5.44. The van der Waals surface area contributed by atoms with Gasteiger partial charge in [-0.3, -0.25) is 14.5 Å². The SMILES string of the molecule is COCCOCCNC(=O)C1CN(C2CCC(C(=O)C(C)C)CC2)C1. The summed E-state index contributed by atoms with van der Waals surface area (Å²) in [5.41, 5.74) is 0. The first-order valence-corrected chi connectivity index (χ1v) is 9.65. The number of methoxy groups -OCH3 is 1. The molecule has 1 heterocycles. The first kappa shape index (κ1) is 20.3. The molecule has 2 fully saturated rings. The van der Waals surface area contributed by atoms with E-state index in [0.29, 0.717) is 38.2 Å². The van der Waals surface area contributed by atoms with E-state index in [1.54, 1.807) is 7.11 Å². The number of rotatable bonds is 10. The Balaban J connectivity index is 1.56. The second-order valence-corrected chi connectivity index (χ2v) is 7.61. The number of carbonyl (C=O) groups is 2. The van der Waals surface area contributed by atoms with Crippen molar-refractivity contribution in [1.29, 1.82) is 0 Å². The van der Waals surface area contributed by atoms with Gasteiger partial charge in [-0.1, -0.05) is 13.8 Å². The van der Waals surface area contributed by atoms with Gasteiger partial charge in [0.25, 0.3) is 0 Å². The van der Waals surface area contributed by atoms with Gasteiger partial charge in [-0.2, -0.15) is 0 Å². The Morgan fingerprint density at radius 3 is 2.32 bits per heavy atom. The van der Waals surface area contributed by atoms with Gasteiger partial charge in [0.1, 0.15) is 5.78 Å². The zero-order valence-corrected chi connectivity index (χ0v) is 16.0. The molecular formula is C19H34N2O4. The molecule has 2 aliphatic rings. The van der Waals surface area contributed by atoms with Gasteiger partial charge in [-0.15, -0.1) is 0 Å². The average molecular weight is 354 g/mol. The Hall–Kier alpha value is -0.980. The number of Topliss-reactive ketones (excluding diaryl/α,β-unsaturated/α-hetero) is 1. The molecule has 0 spiro atoms. The summed E-state index contributed by atoms with van der Waals surface area (Å²) in [4.78, 5) is 26.6. The van der Waals surface area contributed by atoms with Crippen LogP contribution in [0.4, 0.5) is 0 Å². The van der Waals surface area contributed by atoms with Crippen LogP contribution in [0.15, 0.2) is 0 Å². The molecule has 0 aromatic heterocycles. The minimum atomic E-state index is 0.106. The number of nitrogens with zero attached hydrogens (tertiary/aromatic N) is 1. The van der Waals surface area contributed by atoms with E-state index < -0.39 is 0 Å². The van der Waals surface area contributed by atoms with Crippen LogP contribution in [0.25, 0.3) is 0 Å². The van der Waals surface area contributed by atoms with Crippen LogP contribution in [0.1, 0.15) is 39.5 Å². The van der Waals surface area contributed by atoms with Crippen LogP contribution in [-0.4, -0.2) is 69.2 Å². The lowest BCUT2D eigenvalue weighted by molar-refractivity contribution is -0.132. The van der Waals surface area contributed by atoms with Crippen LogP contribution in [0.2, 0.25) is 0 Å². The lowest BCUT2D eigenvalue weighted by atomic mass is 9.79. The molecule has 0 radical (unpaired) electrons. The van der Waals surface area contributed by atoms with Crippen LogP contribution in [0, 0.1) is 17.8 Å². The van der Waals surface area contributed by atoms with Crippen molar-refractivity contribution in [2.75, 3.05) is 46.6 Å². The Morgan fingerprint density at radius 1 is 1.04 bits per heavy atom. The smallest absolute Gasteiger partial charge is 0.225 e. The third-order valence-corrected chi connectivity index (χ3v) is 5.44. The molecule has 0 aromatic rings. The second-order valence-electron chi connectivity index (χ2n) is 7.61. The van der Waals surface area contributed by atoms with Crippen molar-refractivity contribution in [1.82, 2.24) is 10.2 Å². The molecule has 0 unspecified atom stereocenters. The van der Waals surface area contributed by atoms with Crippen molar-refractivity contribution in [3.05, 3.63) is 0 Å². The van der Waals surface area contributed by atoms with Crippen LogP contribution in [0.3, 0.4) is 0 Å². The maximum absolute atomic E-state index is 12.1. The van der Waals surface area contributed by atoms with Gasteiger partial charge in [0.15, 0.2) is 0 Å². The summed E-state index contributed by atoms with van der Waals surface area (Å²) in [5, 5.41) is 2.94. The van der Waals surface area contributed by atoms with Crippen molar-refractivity contribution in [2.24, 2.45) is 17.8 Å². The van der Waals surface area contributed by atoms with Gasteiger partial charge in [-0.25, -0.2) is 0 Å². The number of amides is 1. The summed E-state index contributed by atoms with van der Waals surface area (Å²) in [6, 6.07) is 0.553. The fraction of sp³-hybridized carbons (Fsp3) is 0.895. The first-order chi connectivity index (χ1) is 12.0. The normalized spacial score (nSPS) is 25.0. The van der Waals surface area contributed by atoms with Crippen molar-refractivity contribution in [3.8, 4) is 0 Å². The Kier molecular flexibility index (Phi) is 8.33. The van der Waals surface area contributed by atoms with Gasteiger partial charge in [0.2, 0.25) is 5.91 Å². The van der Waals surface area contributed by atoms with E-state index in [1.807, 2.05) is 13.8 Å². The highest BCUT2D eigenvalue weighted by atomic mass is 16.5. The molecule has 6 heteroatoms. The summed E-state index contributed by atoms with van der Waals surface area (Å²) in [7, 11) is 1.64. The number of hydrogen-bond donors (Lipinski definition) is 1. The van der Waals surface area contributed by atoms with Crippen LogP contribution < -0.4 is 5.32 Å². The lowest BCUT2D eigenvalue weighted by Gasteiger charge is -2.45. The van der Waals surface area contributed by atoms with Gasteiger partial charge >= 0.3 is 0 Å². The zero-order chi connectivity index (χ0) is 18.2. The van der Waals surface area contributed by atoms with Crippen molar-refractivity contribution >= 4 is 11.7 Å². The molecule has 25 heavy (non-hydrogen) atoms. The predicted octanol–water partition coefficient (Wildman–Crippen LogP) is 1.48. The molecule has 6 nitrogen and oxygen atoms in total. The van der Waals surface area contributed by atoms with Gasteiger partial charge in [0, 0.05) is 44.6 Å². The largest absolute Gasteiger partial charge is 0.382 e. The molecule has 1 aliphatic carbocycles. The Morgan fingerprint density at radius 2 is 1.72 bits per heavy atom. The van der Waals surface area contributed by atoms with E-state index in [-0.39, 0.29) is 23.7 Å². The van der Waals surface area contributed by atoms with E-state index in [1.165, 1.54) is 0 Å². The minimum absolute atomic E-state index is 0.106. The van der Waals surface area contributed by atoms with Crippen molar-refractivity contribution < 1.29 is 19.1 Å². The highest BCUT2D eigenvalue weighted by Crippen LogP contribution is 2.33. The average Bonchev–Trinajstić information content (AvgIpc) is 2.56. The summed E-state index contributed by atoms with van der Waals surface area (Å²) in [6.07, 6.45) is 4.19. The number of carbonyl (C=O) groups excluding carboxylic acids is 2. The van der Waals surface area contributed by atoms with E-state index in [9.17, 15) is 9.59 Å². The third kappa shape index (κ3) is 6.04. The summed E-state index contributed by atoms with van der Waals surface area (Å²) >= 11 is 0. The van der Waals surface area contributed by atoms with Gasteiger partial charge in [0.05, 0.1) is 25.7 Å². The molecule has 1 amide bonds. The standard InChI is InChI=1S/C19H34N2O4/c1-14(2)18(22)15-4-6-17(7-5-15)21-12-16(13-21)19(23)20-8-9-25-11-10-24-3/h14-17H,4-13H2,1-3H3,(H,20,23). The molecule has 1 saturated carbocycles. The number of nitrogens with one attached hydrogen (secondary N) is 1. The molecule has 2 rings (SSSR count). The molecule has 0 bridgehead atoms. The molecule has 0 atom stereocenters. The minimum Gasteiger partial charge on any atom is -0.382 e. The first-order valence-electron chi connectivity index (χ1n) is 9.65. The van der Waals surface area contributed by atoms with Gasteiger partial charge in [-0.05, 0) is 25.7 Å². The molecule has 1 N–H and O–H groups in total. The molecular weight excluding hydrogens is 320 g/mol. The van der Waals surface area contributed by atoms with E-state index in [2.05, 4.69) is 10.2 Å². The summed E-state index contributed by atoms with van der Waals surface area (Å²) in [6.45, 7) is 7.92. The highest BCUT2D eigenvalue weighted by Gasteiger charge is 2.38.